The third-order valence-electron chi connectivity index (χ3n) is 2.98. The highest BCUT2D eigenvalue weighted by Crippen LogP contribution is 2.25. The van der Waals surface area contributed by atoms with Gasteiger partial charge in [-0.2, -0.15) is 0 Å². The summed E-state index contributed by atoms with van der Waals surface area (Å²) in [6, 6.07) is 12.1. The van der Waals surface area contributed by atoms with Crippen LogP contribution >= 0.6 is 0 Å². The molecule has 0 aliphatic rings. The topological polar surface area (TPSA) is 46.0 Å². The van der Waals surface area contributed by atoms with Crippen LogP contribution in [0, 0.1) is 13.8 Å². The van der Waals surface area contributed by atoms with Gasteiger partial charge in [0.2, 0.25) is 0 Å². The Morgan fingerprint density at radius 2 is 1.67 bits per heavy atom. The summed E-state index contributed by atoms with van der Waals surface area (Å²) in [6.45, 7) is 4.15. The molecule has 1 aromatic heterocycles. The van der Waals surface area contributed by atoms with Crippen molar-refractivity contribution in [3.63, 3.8) is 0 Å². The molecule has 0 amide bonds. The molecule has 3 aromatic rings. The van der Waals surface area contributed by atoms with Gasteiger partial charge < -0.3 is 4.42 Å². The van der Waals surface area contributed by atoms with Crippen molar-refractivity contribution in [1.29, 1.82) is 0 Å². The molecule has 0 aliphatic carbocycles. The van der Waals surface area contributed by atoms with Crippen LogP contribution in [0.25, 0.3) is 22.2 Å². The average molecular weight is 239 g/mol. The normalized spacial score (nSPS) is 11.0. The Kier molecular flexibility index (Phi) is 2.33. The summed E-state index contributed by atoms with van der Waals surface area (Å²) in [5.74, 6) is -0.414. The van der Waals surface area contributed by atoms with E-state index in [1.165, 1.54) is 11.1 Å². The Hall–Kier alpha value is -2.29. The molecule has 0 aliphatic heterocycles. The van der Waals surface area contributed by atoms with Crippen molar-refractivity contribution in [3.8, 4) is 11.1 Å². The first-order valence-corrected chi connectivity index (χ1v) is 5.83. The lowest BCUT2D eigenvalue weighted by molar-refractivity contribution is 0.555. The first-order chi connectivity index (χ1) is 8.61. The second-order valence-corrected chi connectivity index (χ2v) is 4.60. The zero-order valence-corrected chi connectivity index (χ0v) is 10.3. The summed E-state index contributed by atoms with van der Waals surface area (Å²) < 4.78 is 5.08. The van der Waals surface area contributed by atoms with Crippen molar-refractivity contribution in [1.82, 2.24) is 4.98 Å². The first-order valence-electron chi connectivity index (χ1n) is 5.83. The molecule has 0 bridgehead atoms. The fourth-order valence-electron chi connectivity index (χ4n) is 2.27. The minimum Gasteiger partial charge on any atom is -0.408 e. The second kappa shape index (κ2) is 3.88. The molecule has 0 atom stereocenters. The summed E-state index contributed by atoms with van der Waals surface area (Å²) in [6.07, 6.45) is 0. The molecule has 0 spiro atoms. The third kappa shape index (κ3) is 1.84. The molecule has 0 unspecified atom stereocenters. The fraction of sp³-hybridized carbons (Fsp3) is 0.133. The van der Waals surface area contributed by atoms with Gasteiger partial charge in [0.05, 0.1) is 5.52 Å². The highest BCUT2D eigenvalue weighted by Gasteiger charge is 2.04. The van der Waals surface area contributed by atoms with Crippen LogP contribution in [0.2, 0.25) is 0 Å². The van der Waals surface area contributed by atoms with Gasteiger partial charge in [-0.25, -0.2) is 4.79 Å². The second-order valence-electron chi connectivity index (χ2n) is 4.60. The van der Waals surface area contributed by atoms with Crippen LogP contribution < -0.4 is 5.76 Å². The number of oxazole rings is 1. The molecule has 0 saturated heterocycles. The third-order valence-corrected chi connectivity index (χ3v) is 2.98. The van der Waals surface area contributed by atoms with Crippen molar-refractivity contribution in [2.24, 2.45) is 0 Å². The number of nitrogens with one attached hydrogen (secondary N) is 1. The van der Waals surface area contributed by atoms with E-state index in [4.69, 9.17) is 4.42 Å². The maximum atomic E-state index is 11.1. The largest absolute Gasteiger partial charge is 0.417 e. The van der Waals surface area contributed by atoms with E-state index >= 15 is 0 Å². The number of benzene rings is 2. The van der Waals surface area contributed by atoms with Crippen molar-refractivity contribution in [2.45, 2.75) is 13.8 Å². The zero-order chi connectivity index (χ0) is 12.7. The summed E-state index contributed by atoms with van der Waals surface area (Å²) in [7, 11) is 0. The molecule has 90 valence electrons. The van der Waals surface area contributed by atoms with E-state index in [1.807, 2.05) is 18.2 Å². The first kappa shape index (κ1) is 10.8. The van der Waals surface area contributed by atoms with Crippen LogP contribution in [0.15, 0.2) is 45.6 Å². The molecule has 3 heteroatoms. The van der Waals surface area contributed by atoms with Crippen molar-refractivity contribution < 1.29 is 4.42 Å². The molecule has 1 heterocycles. The van der Waals surface area contributed by atoms with Gasteiger partial charge in [0.15, 0.2) is 5.58 Å². The summed E-state index contributed by atoms with van der Waals surface area (Å²) in [5.41, 5.74) is 5.96. The van der Waals surface area contributed by atoms with Crippen LogP contribution in [0.3, 0.4) is 0 Å². The lowest BCUT2D eigenvalue weighted by atomic mass is 10.0. The van der Waals surface area contributed by atoms with E-state index in [0.29, 0.717) is 5.58 Å². The predicted octanol–water partition coefficient (Wildman–Crippen LogP) is 3.40. The van der Waals surface area contributed by atoms with E-state index in [0.717, 1.165) is 16.6 Å². The highest BCUT2D eigenvalue weighted by atomic mass is 16.4. The van der Waals surface area contributed by atoms with Gasteiger partial charge in [-0.3, -0.25) is 4.98 Å². The number of hydrogen-bond acceptors (Lipinski definition) is 2. The SMILES string of the molecule is Cc1cc(C)cc(-c2ccc3[nH]c(=O)oc3c2)c1. The molecule has 0 saturated carbocycles. The molecule has 0 radical (unpaired) electrons. The minimum atomic E-state index is -0.414. The average Bonchev–Trinajstić information content (AvgIpc) is 2.66. The standard InChI is InChI=1S/C15H13NO2/c1-9-5-10(2)7-12(6-9)11-3-4-13-14(8-11)18-15(17)16-13/h3-8H,1-2H3,(H,16,17). The van der Waals surface area contributed by atoms with Gasteiger partial charge in [-0.15, -0.1) is 0 Å². The number of aryl methyl sites for hydroxylation is 2. The minimum absolute atomic E-state index is 0.414. The van der Waals surface area contributed by atoms with Gasteiger partial charge in [0.1, 0.15) is 0 Å². The maximum absolute atomic E-state index is 11.1. The molecular weight excluding hydrogens is 226 g/mol. The number of aromatic nitrogens is 1. The smallest absolute Gasteiger partial charge is 0.408 e. The molecule has 2 aromatic carbocycles. The predicted molar refractivity (Wildman–Crippen MR) is 71.7 cm³/mol. The van der Waals surface area contributed by atoms with E-state index in [1.54, 1.807) is 0 Å². The highest BCUT2D eigenvalue weighted by molar-refractivity contribution is 5.80. The monoisotopic (exact) mass is 239 g/mol. The molecule has 3 nitrogen and oxygen atoms in total. The molecule has 3 rings (SSSR count). The fourth-order valence-corrected chi connectivity index (χ4v) is 2.27. The van der Waals surface area contributed by atoms with Crippen LogP contribution in [-0.2, 0) is 0 Å². The van der Waals surface area contributed by atoms with Crippen molar-refractivity contribution in [2.75, 3.05) is 0 Å². The Labute approximate surface area is 104 Å². The van der Waals surface area contributed by atoms with Crippen LogP contribution in [0.5, 0.6) is 0 Å². The number of rotatable bonds is 1. The molecule has 1 N–H and O–H groups in total. The summed E-state index contributed by atoms with van der Waals surface area (Å²) in [5, 5.41) is 0. The number of fused-ring (bicyclic) bond motifs is 1. The van der Waals surface area contributed by atoms with E-state index in [2.05, 4.69) is 37.0 Å². The Morgan fingerprint density at radius 1 is 0.944 bits per heavy atom. The van der Waals surface area contributed by atoms with Gasteiger partial charge >= 0.3 is 5.76 Å². The van der Waals surface area contributed by atoms with E-state index < -0.39 is 5.76 Å². The van der Waals surface area contributed by atoms with Crippen LogP contribution in [0.4, 0.5) is 0 Å². The van der Waals surface area contributed by atoms with Gasteiger partial charge in [-0.05, 0) is 37.1 Å². The molecular formula is C15H13NO2. The maximum Gasteiger partial charge on any atom is 0.417 e. The Morgan fingerprint density at radius 3 is 2.39 bits per heavy atom. The van der Waals surface area contributed by atoms with Crippen molar-refractivity contribution in [3.05, 3.63) is 58.1 Å². The summed E-state index contributed by atoms with van der Waals surface area (Å²) >= 11 is 0. The van der Waals surface area contributed by atoms with E-state index in [9.17, 15) is 4.79 Å². The summed E-state index contributed by atoms with van der Waals surface area (Å²) in [4.78, 5) is 13.8. The van der Waals surface area contributed by atoms with Gasteiger partial charge in [0.25, 0.3) is 0 Å². The number of aromatic amines is 1. The lowest BCUT2D eigenvalue weighted by Crippen LogP contribution is -1.92. The van der Waals surface area contributed by atoms with Gasteiger partial charge in [0, 0.05) is 0 Å². The molecule has 0 fully saturated rings. The number of hydrogen-bond donors (Lipinski definition) is 1. The lowest BCUT2D eigenvalue weighted by Gasteiger charge is -2.05. The van der Waals surface area contributed by atoms with Crippen LogP contribution in [0.1, 0.15) is 11.1 Å². The quantitative estimate of drug-likeness (QED) is 0.707. The Bertz CT molecular complexity index is 760. The molecule has 18 heavy (non-hydrogen) atoms. The zero-order valence-electron chi connectivity index (χ0n) is 10.3. The Balaban J connectivity index is 2.21. The number of H-pyrrole nitrogens is 1. The van der Waals surface area contributed by atoms with E-state index in [-0.39, 0.29) is 0 Å². The van der Waals surface area contributed by atoms with Gasteiger partial charge in [-0.1, -0.05) is 35.4 Å². The van der Waals surface area contributed by atoms with Crippen molar-refractivity contribution >= 4 is 11.1 Å². The van der Waals surface area contributed by atoms with Crippen LogP contribution in [-0.4, -0.2) is 4.98 Å².